The van der Waals surface area contributed by atoms with E-state index in [4.69, 9.17) is 4.74 Å². The fourth-order valence-corrected chi connectivity index (χ4v) is 2.46. The number of halogens is 1. The van der Waals surface area contributed by atoms with Crippen LogP contribution >= 0.6 is 0 Å². The van der Waals surface area contributed by atoms with E-state index in [1.807, 2.05) is 6.92 Å². The molecule has 5 nitrogen and oxygen atoms in total. The molecule has 2 atom stereocenters. The van der Waals surface area contributed by atoms with Crippen molar-refractivity contribution in [1.82, 2.24) is 4.90 Å². The summed E-state index contributed by atoms with van der Waals surface area (Å²) in [5.41, 5.74) is 0.137. The number of rotatable bonds is 5. The van der Waals surface area contributed by atoms with Crippen molar-refractivity contribution in [2.75, 3.05) is 25.6 Å². The van der Waals surface area contributed by atoms with Crippen LogP contribution in [0.3, 0.4) is 0 Å². The number of carbonyl (C=O) groups is 2. The topological polar surface area (TPSA) is 58.6 Å². The summed E-state index contributed by atoms with van der Waals surface area (Å²) < 4.78 is 18.5. The Morgan fingerprint density at radius 2 is 2.24 bits per heavy atom. The fraction of sp³-hybridized carbons (Fsp3) is 0.467. The Bertz CT molecular complexity index is 535. The van der Waals surface area contributed by atoms with Gasteiger partial charge in [0.2, 0.25) is 11.8 Å². The van der Waals surface area contributed by atoms with Crippen molar-refractivity contribution in [3.8, 4) is 0 Å². The van der Waals surface area contributed by atoms with E-state index in [1.54, 1.807) is 24.1 Å². The zero-order valence-corrected chi connectivity index (χ0v) is 12.1. The number of para-hydroxylation sites is 1. The van der Waals surface area contributed by atoms with E-state index in [-0.39, 0.29) is 30.0 Å². The zero-order valence-electron chi connectivity index (χ0n) is 12.1. The number of anilines is 1. The minimum Gasteiger partial charge on any atom is -0.383 e. The second kappa shape index (κ2) is 6.67. The molecule has 2 amide bonds. The lowest BCUT2D eigenvalue weighted by Crippen LogP contribution is -2.38. The summed E-state index contributed by atoms with van der Waals surface area (Å²) in [6, 6.07) is 5.90. The molecule has 0 aliphatic carbocycles. The molecule has 1 fully saturated rings. The van der Waals surface area contributed by atoms with Crippen molar-refractivity contribution < 1.29 is 18.7 Å². The predicted octanol–water partition coefficient (Wildman–Crippen LogP) is 1.65. The minimum atomic E-state index is -0.486. The number of benzene rings is 1. The molecule has 1 aliphatic rings. The average molecular weight is 294 g/mol. The molecule has 0 aromatic heterocycles. The van der Waals surface area contributed by atoms with E-state index < -0.39 is 11.7 Å². The summed E-state index contributed by atoms with van der Waals surface area (Å²) in [6.07, 6.45) is 0.147. The first-order valence-corrected chi connectivity index (χ1v) is 6.86. The number of hydrogen-bond acceptors (Lipinski definition) is 3. The summed E-state index contributed by atoms with van der Waals surface area (Å²) in [6.45, 7) is 2.63. The van der Waals surface area contributed by atoms with Crippen molar-refractivity contribution in [3.05, 3.63) is 30.1 Å². The van der Waals surface area contributed by atoms with Gasteiger partial charge in [-0.3, -0.25) is 9.59 Å². The van der Waals surface area contributed by atoms with Crippen molar-refractivity contribution in [1.29, 1.82) is 0 Å². The number of nitrogens with zero attached hydrogens (tertiary/aromatic N) is 1. The van der Waals surface area contributed by atoms with Gasteiger partial charge in [-0.1, -0.05) is 12.1 Å². The van der Waals surface area contributed by atoms with Gasteiger partial charge in [0.15, 0.2) is 0 Å². The first kappa shape index (κ1) is 15.4. The number of carbonyl (C=O) groups excluding carboxylic acids is 2. The molecule has 114 valence electrons. The number of methoxy groups -OCH3 is 1. The maximum Gasteiger partial charge on any atom is 0.229 e. The van der Waals surface area contributed by atoms with Crippen LogP contribution in [0.4, 0.5) is 10.1 Å². The van der Waals surface area contributed by atoms with E-state index in [2.05, 4.69) is 5.32 Å². The van der Waals surface area contributed by atoms with Gasteiger partial charge >= 0.3 is 0 Å². The van der Waals surface area contributed by atoms with Crippen LogP contribution in [0.25, 0.3) is 0 Å². The maximum absolute atomic E-state index is 13.5. The van der Waals surface area contributed by atoms with Crippen LogP contribution in [0.1, 0.15) is 13.3 Å². The van der Waals surface area contributed by atoms with E-state index in [1.165, 1.54) is 12.1 Å². The first-order chi connectivity index (χ1) is 10.0. The number of amides is 2. The Morgan fingerprint density at radius 3 is 2.90 bits per heavy atom. The van der Waals surface area contributed by atoms with Gasteiger partial charge < -0.3 is 15.0 Å². The van der Waals surface area contributed by atoms with Crippen LogP contribution in [0.5, 0.6) is 0 Å². The Labute approximate surface area is 123 Å². The van der Waals surface area contributed by atoms with Crippen LogP contribution in [0, 0.1) is 11.7 Å². The van der Waals surface area contributed by atoms with Crippen molar-refractivity contribution in [2.45, 2.75) is 19.4 Å². The SMILES string of the molecule is COCC(C)N1CC(C(=O)Nc2ccccc2F)CC1=O. The second-order valence-electron chi connectivity index (χ2n) is 5.22. The van der Waals surface area contributed by atoms with Crippen LogP contribution < -0.4 is 5.32 Å². The first-order valence-electron chi connectivity index (χ1n) is 6.86. The smallest absolute Gasteiger partial charge is 0.229 e. The number of hydrogen-bond donors (Lipinski definition) is 1. The molecule has 21 heavy (non-hydrogen) atoms. The highest BCUT2D eigenvalue weighted by Crippen LogP contribution is 2.22. The third kappa shape index (κ3) is 3.58. The van der Waals surface area contributed by atoms with E-state index in [0.717, 1.165) is 0 Å². The summed E-state index contributed by atoms with van der Waals surface area (Å²) in [5, 5.41) is 2.54. The summed E-state index contributed by atoms with van der Waals surface area (Å²) in [4.78, 5) is 25.7. The van der Waals surface area contributed by atoms with Crippen molar-refractivity contribution >= 4 is 17.5 Å². The third-order valence-corrected chi connectivity index (χ3v) is 3.60. The maximum atomic E-state index is 13.5. The van der Waals surface area contributed by atoms with Gasteiger partial charge in [-0.25, -0.2) is 4.39 Å². The Balaban J connectivity index is 1.99. The molecule has 1 N–H and O–H groups in total. The van der Waals surface area contributed by atoms with Gasteiger partial charge in [-0.15, -0.1) is 0 Å². The monoisotopic (exact) mass is 294 g/mol. The van der Waals surface area contributed by atoms with Crippen LogP contribution in [-0.4, -0.2) is 43.0 Å². The molecular weight excluding hydrogens is 275 g/mol. The number of nitrogens with one attached hydrogen (secondary N) is 1. The van der Waals surface area contributed by atoms with Crippen LogP contribution in [0.2, 0.25) is 0 Å². The van der Waals surface area contributed by atoms with Gasteiger partial charge in [0.05, 0.1) is 24.3 Å². The molecule has 1 aromatic carbocycles. The molecule has 1 heterocycles. The predicted molar refractivity (Wildman–Crippen MR) is 76.2 cm³/mol. The summed E-state index contributed by atoms with van der Waals surface area (Å²) in [7, 11) is 1.57. The van der Waals surface area contributed by atoms with Gasteiger partial charge in [0.1, 0.15) is 5.82 Å². The standard InChI is InChI=1S/C15H19FN2O3/c1-10(9-21-2)18-8-11(7-14(18)19)15(20)17-13-6-4-3-5-12(13)16/h3-6,10-11H,7-9H2,1-2H3,(H,17,20). The Hall–Kier alpha value is -1.95. The molecule has 1 saturated heterocycles. The summed E-state index contributed by atoms with van der Waals surface area (Å²) in [5.74, 6) is -1.36. The van der Waals surface area contributed by atoms with Crippen molar-refractivity contribution in [2.24, 2.45) is 5.92 Å². The van der Waals surface area contributed by atoms with E-state index >= 15 is 0 Å². The van der Waals surface area contributed by atoms with E-state index in [0.29, 0.717) is 13.2 Å². The molecular formula is C15H19FN2O3. The lowest BCUT2D eigenvalue weighted by molar-refractivity contribution is -0.130. The highest BCUT2D eigenvalue weighted by molar-refractivity contribution is 5.97. The number of likely N-dealkylation sites (tertiary alicyclic amines) is 1. The number of ether oxygens (including phenoxy) is 1. The highest BCUT2D eigenvalue weighted by Gasteiger charge is 2.36. The van der Waals surface area contributed by atoms with E-state index in [9.17, 15) is 14.0 Å². The zero-order chi connectivity index (χ0) is 15.4. The minimum absolute atomic E-state index is 0.0752. The van der Waals surface area contributed by atoms with Crippen molar-refractivity contribution in [3.63, 3.8) is 0 Å². The molecule has 2 rings (SSSR count). The third-order valence-electron chi connectivity index (χ3n) is 3.60. The molecule has 0 spiro atoms. The quantitative estimate of drug-likeness (QED) is 0.898. The molecule has 6 heteroatoms. The van der Waals surface area contributed by atoms with Gasteiger partial charge in [-0.05, 0) is 19.1 Å². The van der Waals surface area contributed by atoms with Gasteiger partial charge in [0, 0.05) is 20.1 Å². The summed E-state index contributed by atoms with van der Waals surface area (Å²) >= 11 is 0. The largest absolute Gasteiger partial charge is 0.383 e. The molecule has 0 saturated carbocycles. The lowest BCUT2D eigenvalue weighted by Gasteiger charge is -2.23. The molecule has 0 bridgehead atoms. The normalized spacial score (nSPS) is 19.7. The Morgan fingerprint density at radius 1 is 1.52 bits per heavy atom. The fourth-order valence-electron chi connectivity index (χ4n) is 2.46. The highest BCUT2D eigenvalue weighted by atomic mass is 19.1. The molecule has 2 unspecified atom stereocenters. The van der Waals surface area contributed by atoms with Crippen LogP contribution in [0.15, 0.2) is 24.3 Å². The molecule has 1 aromatic rings. The Kier molecular flexibility index (Phi) is 4.90. The van der Waals surface area contributed by atoms with Gasteiger partial charge in [-0.2, -0.15) is 0 Å². The van der Waals surface area contributed by atoms with Crippen LogP contribution in [-0.2, 0) is 14.3 Å². The molecule has 1 aliphatic heterocycles. The second-order valence-corrected chi connectivity index (χ2v) is 5.22. The average Bonchev–Trinajstić information content (AvgIpc) is 2.84. The lowest BCUT2D eigenvalue weighted by atomic mass is 10.1. The van der Waals surface area contributed by atoms with Gasteiger partial charge in [0.25, 0.3) is 0 Å². The molecule has 0 radical (unpaired) electrons.